The molecule has 4 rings (SSSR count). The predicted octanol–water partition coefficient (Wildman–Crippen LogP) is 3.10. The minimum absolute atomic E-state index is 0.232. The monoisotopic (exact) mass is 372 g/mol. The third-order valence-corrected chi connectivity index (χ3v) is 6.89. The Morgan fingerprint density at radius 3 is 2.52 bits per heavy atom. The van der Waals surface area contributed by atoms with Crippen molar-refractivity contribution in [1.29, 1.82) is 0 Å². The largest absolute Gasteiger partial charge is 0.416 e. The van der Waals surface area contributed by atoms with Crippen LogP contribution in [0.4, 0.5) is 13.2 Å². The van der Waals surface area contributed by atoms with Crippen LogP contribution < -0.4 is 0 Å². The molecule has 0 radical (unpaired) electrons. The normalized spacial score (nSPS) is 30.5. The van der Waals surface area contributed by atoms with Crippen molar-refractivity contribution in [1.82, 2.24) is 9.80 Å². The van der Waals surface area contributed by atoms with Crippen LogP contribution in [0, 0.1) is 11.8 Å². The summed E-state index contributed by atoms with van der Waals surface area (Å²) in [7, 11) is 0. The van der Waals surface area contributed by atoms with E-state index < -0.39 is 11.7 Å². The average Bonchev–Trinajstić information content (AvgIpc) is 3.20. The quantitative estimate of drug-likeness (QED) is 0.879. The second-order valence-corrected chi connectivity index (χ2v) is 8.41. The Hall–Kier alpha value is -0.760. The highest BCUT2D eigenvalue weighted by Crippen LogP contribution is 2.44. The number of aliphatic hydroxyl groups excluding tert-OH is 1. The lowest BCUT2D eigenvalue weighted by Crippen LogP contribution is -2.48. The number of hydrogen-bond donors (Lipinski definition) is 1. The maximum absolute atomic E-state index is 12.9. The van der Waals surface area contributed by atoms with Gasteiger partial charge in [0.25, 0.3) is 0 Å². The van der Waals surface area contributed by atoms with Gasteiger partial charge in [0.2, 0.25) is 0 Å². The molecule has 2 unspecified atom stereocenters. The highest BCUT2D eigenvalue weighted by molar-refractivity contribution is 7.99. The molecular formula is C18H23F3N2OS. The molecule has 0 bridgehead atoms. The molecule has 1 aliphatic carbocycles. The van der Waals surface area contributed by atoms with Crippen molar-refractivity contribution < 1.29 is 18.3 Å². The van der Waals surface area contributed by atoms with Crippen LogP contribution in [0.3, 0.4) is 0 Å². The molecule has 1 N–H and O–H groups in total. The zero-order valence-corrected chi connectivity index (χ0v) is 14.8. The van der Waals surface area contributed by atoms with Crippen LogP contribution >= 0.6 is 11.8 Å². The lowest BCUT2D eigenvalue weighted by Gasteiger charge is -2.38. The van der Waals surface area contributed by atoms with Gasteiger partial charge in [0.1, 0.15) is 0 Å². The van der Waals surface area contributed by atoms with Crippen molar-refractivity contribution in [2.75, 3.05) is 45.1 Å². The van der Waals surface area contributed by atoms with E-state index in [2.05, 4.69) is 9.80 Å². The van der Waals surface area contributed by atoms with E-state index in [1.54, 1.807) is 17.8 Å². The van der Waals surface area contributed by atoms with Gasteiger partial charge >= 0.3 is 6.18 Å². The first-order chi connectivity index (χ1) is 12.0. The van der Waals surface area contributed by atoms with Crippen LogP contribution in [0.2, 0.25) is 0 Å². The van der Waals surface area contributed by atoms with Crippen molar-refractivity contribution in [2.24, 2.45) is 11.8 Å². The van der Waals surface area contributed by atoms with E-state index in [1.807, 2.05) is 0 Å². The molecule has 25 heavy (non-hydrogen) atoms. The molecule has 3 nitrogen and oxygen atoms in total. The van der Waals surface area contributed by atoms with Crippen molar-refractivity contribution in [3.63, 3.8) is 0 Å². The number of thioether (sulfide) groups is 1. The fraction of sp³-hybridized carbons (Fsp3) is 0.667. The Balaban J connectivity index is 1.36. The third-order valence-electron chi connectivity index (χ3n) is 5.74. The Bertz CT molecular complexity index is 631. The first kappa shape index (κ1) is 17.6. The van der Waals surface area contributed by atoms with Gasteiger partial charge in [-0.2, -0.15) is 13.2 Å². The molecule has 2 aliphatic heterocycles. The molecule has 2 heterocycles. The fourth-order valence-corrected chi connectivity index (χ4v) is 5.33. The highest BCUT2D eigenvalue weighted by atomic mass is 32.2. The summed E-state index contributed by atoms with van der Waals surface area (Å²) in [5, 5.41) is 9.15. The Labute approximate surface area is 150 Å². The summed E-state index contributed by atoms with van der Waals surface area (Å²) in [5.41, 5.74) is 0.501. The van der Waals surface area contributed by atoms with Crippen LogP contribution in [0.5, 0.6) is 0 Å². The van der Waals surface area contributed by atoms with E-state index in [4.69, 9.17) is 5.11 Å². The van der Waals surface area contributed by atoms with E-state index >= 15 is 0 Å². The van der Waals surface area contributed by atoms with Crippen LogP contribution in [-0.2, 0) is 6.18 Å². The van der Waals surface area contributed by atoms with Gasteiger partial charge in [0.05, 0.1) is 5.56 Å². The first-order valence-electron chi connectivity index (χ1n) is 8.87. The van der Waals surface area contributed by atoms with Crippen molar-refractivity contribution in [3.05, 3.63) is 29.3 Å². The molecule has 1 aromatic rings. The van der Waals surface area contributed by atoms with Gasteiger partial charge in [0.15, 0.2) is 0 Å². The van der Waals surface area contributed by atoms with Crippen molar-refractivity contribution >= 4 is 11.8 Å². The standard InChI is InChI=1S/C18H23F3N2OS/c19-18(20,21)14-1-2-15-16(11-25-17(15)8-14)23-5-3-22(4-6-23)9-12-7-13(12)10-24/h1-2,8,12-13,16,24H,3-7,9-11H2/t12?,13-,16?/m0/s1. The number of piperazine rings is 1. The molecule has 7 heteroatoms. The molecule has 0 spiro atoms. The number of alkyl halides is 3. The van der Waals surface area contributed by atoms with Gasteiger partial charge in [-0.3, -0.25) is 4.90 Å². The number of benzene rings is 1. The summed E-state index contributed by atoms with van der Waals surface area (Å²) in [4.78, 5) is 5.66. The Morgan fingerprint density at radius 2 is 1.88 bits per heavy atom. The second kappa shape index (κ2) is 6.76. The van der Waals surface area contributed by atoms with Gasteiger partial charge < -0.3 is 10.0 Å². The van der Waals surface area contributed by atoms with Gasteiger partial charge in [-0.15, -0.1) is 11.8 Å². The molecule has 0 amide bonds. The number of aliphatic hydroxyl groups is 1. The van der Waals surface area contributed by atoms with Gasteiger partial charge in [0, 0.05) is 56.0 Å². The number of fused-ring (bicyclic) bond motifs is 1. The third kappa shape index (κ3) is 3.70. The highest BCUT2D eigenvalue weighted by Gasteiger charge is 2.39. The van der Waals surface area contributed by atoms with Crippen LogP contribution in [-0.4, -0.2) is 60.0 Å². The number of halogens is 3. The minimum atomic E-state index is -4.27. The maximum Gasteiger partial charge on any atom is 0.416 e. The maximum atomic E-state index is 12.9. The van der Waals surface area contributed by atoms with E-state index in [1.165, 1.54) is 12.1 Å². The van der Waals surface area contributed by atoms with Gasteiger partial charge in [-0.25, -0.2) is 0 Å². The SMILES string of the molecule is OC[C@@H]1CC1CN1CCN(C2CSc3cc(C(F)(F)F)ccc32)CC1. The fourth-order valence-electron chi connectivity index (χ4n) is 4.02. The summed E-state index contributed by atoms with van der Waals surface area (Å²) in [6.45, 7) is 5.31. The molecule has 2 fully saturated rings. The Morgan fingerprint density at radius 1 is 1.12 bits per heavy atom. The predicted molar refractivity (Wildman–Crippen MR) is 91.6 cm³/mol. The molecule has 3 atom stereocenters. The van der Waals surface area contributed by atoms with Crippen molar-refractivity contribution in [3.8, 4) is 0 Å². The summed E-state index contributed by atoms with van der Waals surface area (Å²) >= 11 is 1.54. The van der Waals surface area contributed by atoms with E-state index in [0.717, 1.165) is 55.4 Å². The zero-order chi connectivity index (χ0) is 17.6. The van der Waals surface area contributed by atoms with Crippen LogP contribution in [0.25, 0.3) is 0 Å². The topological polar surface area (TPSA) is 26.7 Å². The second-order valence-electron chi connectivity index (χ2n) is 7.35. The van der Waals surface area contributed by atoms with E-state index in [0.29, 0.717) is 18.4 Å². The van der Waals surface area contributed by atoms with E-state index in [9.17, 15) is 13.2 Å². The summed E-state index contributed by atoms with van der Waals surface area (Å²) in [6.07, 6.45) is -3.13. The molecule has 1 saturated carbocycles. The van der Waals surface area contributed by atoms with Crippen LogP contribution in [0.15, 0.2) is 23.1 Å². The molecular weight excluding hydrogens is 349 g/mol. The number of hydrogen-bond acceptors (Lipinski definition) is 4. The first-order valence-corrected chi connectivity index (χ1v) is 9.85. The lowest BCUT2D eigenvalue weighted by atomic mass is 10.0. The molecule has 138 valence electrons. The van der Waals surface area contributed by atoms with Crippen LogP contribution in [0.1, 0.15) is 23.6 Å². The molecule has 0 aromatic heterocycles. The smallest absolute Gasteiger partial charge is 0.396 e. The summed E-state index contributed by atoms with van der Waals surface area (Å²) in [6, 6.07) is 4.43. The average molecular weight is 372 g/mol. The van der Waals surface area contributed by atoms with Gasteiger partial charge in [-0.05, 0) is 36.0 Å². The molecule has 3 aliphatic rings. The summed E-state index contributed by atoms with van der Waals surface area (Å²) < 4.78 is 38.6. The van der Waals surface area contributed by atoms with Gasteiger partial charge in [-0.1, -0.05) is 6.07 Å². The lowest BCUT2D eigenvalue weighted by molar-refractivity contribution is -0.137. The Kier molecular flexibility index (Phi) is 4.77. The molecule has 1 aromatic carbocycles. The molecule has 1 saturated heterocycles. The number of nitrogens with zero attached hydrogens (tertiary/aromatic N) is 2. The van der Waals surface area contributed by atoms with E-state index in [-0.39, 0.29) is 6.04 Å². The summed E-state index contributed by atoms with van der Waals surface area (Å²) in [5.74, 6) is 1.99. The zero-order valence-electron chi connectivity index (χ0n) is 14.0. The number of rotatable bonds is 4. The van der Waals surface area contributed by atoms with Crippen molar-refractivity contribution in [2.45, 2.75) is 23.5 Å². The minimum Gasteiger partial charge on any atom is -0.396 e.